The molecule has 1 saturated heterocycles. The fourth-order valence-electron chi connectivity index (χ4n) is 3.28. The minimum absolute atomic E-state index is 0. The Balaban J connectivity index is 0.00000243. The fourth-order valence-corrected chi connectivity index (χ4v) is 3.28. The van der Waals surface area contributed by atoms with Crippen LogP contribution in [0.3, 0.4) is 0 Å². The normalized spacial score (nSPS) is 24.8. The molecule has 1 aliphatic carbocycles. The molecule has 0 radical (unpaired) electrons. The van der Waals surface area contributed by atoms with Crippen molar-refractivity contribution in [3.63, 3.8) is 0 Å². The monoisotopic (exact) mass is 473 g/mol. The number of guanidine groups is 1. The molecule has 3 atom stereocenters. The maximum atomic E-state index is 5.79. The first-order chi connectivity index (χ1) is 12.4. The SMILES string of the molecule is CCNC(=NCC1CC1c1ccccc1)NCCCOC1CCOC1.I. The summed E-state index contributed by atoms with van der Waals surface area (Å²) in [5.74, 6) is 2.30. The Kier molecular flexibility index (Phi) is 9.71. The molecule has 146 valence electrons. The van der Waals surface area contributed by atoms with E-state index in [-0.39, 0.29) is 24.0 Å². The lowest BCUT2D eigenvalue weighted by Crippen LogP contribution is -2.38. The molecule has 1 aliphatic heterocycles. The topological polar surface area (TPSA) is 54.9 Å². The molecule has 6 heteroatoms. The molecule has 2 fully saturated rings. The Morgan fingerprint density at radius 2 is 2.12 bits per heavy atom. The lowest BCUT2D eigenvalue weighted by molar-refractivity contribution is 0.0420. The Bertz CT molecular complexity index is 535. The lowest BCUT2D eigenvalue weighted by Gasteiger charge is -2.13. The highest BCUT2D eigenvalue weighted by Gasteiger charge is 2.37. The first-order valence-electron chi connectivity index (χ1n) is 9.63. The Morgan fingerprint density at radius 3 is 2.85 bits per heavy atom. The number of benzene rings is 1. The zero-order valence-corrected chi connectivity index (χ0v) is 18.0. The number of nitrogens with one attached hydrogen (secondary N) is 2. The van der Waals surface area contributed by atoms with Crippen molar-refractivity contribution in [1.82, 2.24) is 10.6 Å². The molecule has 3 unspecified atom stereocenters. The van der Waals surface area contributed by atoms with Gasteiger partial charge in [-0.15, -0.1) is 24.0 Å². The van der Waals surface area contributed by atoms with Gasteiger partial charge in [-0.05, 0) is 43.6 Å². The van der Waals surface area contributed by atoms with E-state index in [9.17, 15) is 0 Å². The third-order valence-corrected chi connectivity index (χ3v) is 4.83. The molecule has 26 heavy (non-hydrogen) atoms. The smallest absolute Gasteiger partial charge is 0.191 e. The fraction of sp³-hybridized carbons (Fsp3) is 0.650. The summed E-state index contributed by atoms with van der Waals surface area (Å²) in [6, 6.07) is 10.8. The molecule has 1 heterocycles. The van der Waals surface area contributed by atoms with Gasteiger partial charge in [-0.1, -0.05) is 30.3 Å². The molecule has 2 aliphatic rings. The largest absolute Gasteiger partial charge is 0.379 e. The van der Waals surface area contributed by atoms with Crippen molar-refractivity contribution < 1.29 is 9.47 Å². The van der Waals surface area contributed by atoms with Crippen LogP contribution < -0.4 is 10.6 Å². The van der Waals surface area contributed by atoms with Crippen molar-refractivity contribution in [2.24, 2.45) is 10.9 Å². The Labute approximate surface area is 174 Å². The van der Waals surface area contributed by atoms with Crippen LogP contribution in [0.1, 0.15) is 37.7 Å². The molecule has 1 saturated carbocycles. The first kappa shape index (κ1) is 21.4. The van der Waals surface area contributed by atoms with Crippen LogP contribution >= 0.6 is 24.0 Å². The van der Waals surface area contributed by atoms with Gasteiger partial charge in [-0.2, -0.15) is 0 Å². The summed E-state index contributed by atoms with van der Waals surface area (Å²) in [6.45, 7) is 7.13. The highest BCUT2D eigenvalue weighted by Crippen LogP contribution is 2.47. The Morgan fingerprint density at radius 1 is 1.27 bits per heavy atom. The second-order valence-electron chi connectivity index (χ2n) is 6.87. The second kappa shape index (κ2) is 11.8. The number of hydrogen-bond acceptors (Lipinski definition) is 3. The quantitative estimate of drug-likeness (QED) is 0.251. The van der Waals surface area contributed by atoms with E-state index in [1.165, 1.54) is 12.0 Å². The molecule has 5 nitrogen and oxygen atoms in total. The van der Waals surface area contributed by atoms with Crippen LogP contribution in [0.5, 0.6) is 0 Å². The van der Waals surface area contributed by atoms with Gasteiger partial charge in [0.25, 0.3) is 0 Å². The number of nitrogens with zero attached hydrogens (tertiary/aromatic N) is 1. The van der Waals surface area contributed by atoms with Gasteiger partial charge in [0.15, 0.2) is 5.96 Å². The van der Waals surface area contributed by atoms with Crippen LogP contribution in [0.15, 0.2) is 35.3 Å². The van der Waals surface area contributed by atoms with E-state index in [2.05, 4.69) is 47.9 Å². The molecular weight excluding hydrogens is 441 g/mol. The van der Waals surface area contributed by atoms with E-state index in [4.69, 9.17) is 14.5 Å². The average molecular weight is 473 g/mol. The summed E-state index contributed by atoms with van der Waals surface area (Å²) in [5, 5.41) is 6.74. The van der Waals surface area contributed by atoms with Crippen LogP contribution in [-0.2, 0) is 9.47 Å². The molecular formula is C20H32IN3O2. The number of ether oxygens (including phenoxy) is 2. The third-order valence-electron chi connectivity index (χ3n) is 4.83. The van der Waals surface area contributed by atoms with Crippen molar-refractivity contribution in [2.75, 3.05) is 39.5 Å². The molecule has 0 amide bonds. The summed E-state index contributed by atoms with van der Waals surface area (Å²) >= 11 is 0. The van der Waals surface area contributed by atoms with Gasteiger partial charge < -0.3 is 20.1 Å². The van der Waals surface area contributed by atoms with Gasteiger partial charge in [-0.3, -0.25) is 4.99 Å². The van der Waals surface area contributed by atoms with Crippen molar-refractivity contribution in [1.29, 1.82) is 0 Å². The van der Waals surface area contributed by atoms with Gasteiger partial charge in [0, 0.05) is 32.8 Å². The standard InChI is InChI=1S/C20H31N3O2.HI/c1-2-21-20(22-10-6-11-25-18-9-12-24-15-18)23-14-17-13-19(17)16-7-4-3-5-8-16;/h3-5,7-8,17-19H,2,6,9-15H2,1H3,(H2,21,22,23);1H. The molecule has 3 rings (SSSR count). The minimum Gasteiger partial charge on any atom is -0.379 e. The number of hydrogen-bond donors (Lipinski definition) is 2. The van der Waals surface area contributed by atoms with Crippen LogP contribution in [0.4, 0.5) is 0 Å². The van der Waals surface area contributed by atoms with Gasteiger partial charge in [0.05, 0.1) is 12.7 Å². The summed E-state index contributed by atoms with van der Waals surface area (Å²) in [7, 11) is 0. The maximum Gasteiger partial charge on any atom is 0.191 e. The second-order valence-corrected chi connectivity index (χ2v) is 6.87. The highest BCUT2D eigenvalue weighted by atomic mass is 127. The summed E-state index contributed by atoms with van der Waals surface area (Å²) in [5.41, 5.74) is 1.45. The molecule has 0 bridgehead atoms. The predicted octanol–water partition coefficient (Wildman–Crippen LogP) is 3.16. The molecule has 0 aromatic heterocycles. The zero-order valence-electron chi connectivity index (χ0n) is 15.7. The van der Waals surface area contributed by atoms with E-state index in [1.807, 2.05) is 0 Å². The number of halogens is 1. The average Bonchev–Trinajstić information content (AvgIpc) is 3.24. The van der Waals surface area contributed by atoms with Crippen LogP contribution in [0.25, 0.3) is 0 Å². The van der Waals surface area contributed by atoms with Crippen LogP contribution in [-0.4, -0.2) is 51.5 Å². The van der Waals surface area contributed by atoms with E-state index in [0.29, 0.717) is 17.9 Å². The van der Waals surface area contributed by atoms with Crippen molar-refractivity contribution >= 4 is 29.9 Å². The van der Waals surface area contributed by atoms with Crippen molar-refractivity contribution in [3.05, 3.63) is 35.9 Å². The van der Waals surface area contributed by atoms with E-state index in [0.717, 1.165) is 58.3 Å². The van der Waals surface area contributed by atoms with Gasteiger partial charge in [0.2, 0.25) is 0 Å². The lowest BCUT2D eigenvalue weighted by atomic mass is 10.1. The van der Waals surface area contributed by atoms with E-state index >= 15 is 0 Å². The van der Waals surface area contributed by atoms with E-state index in [1.54, 1.807) is 0 Å². The minimum atomic E-state index is 0. The number of aliphatic imine (C=N–C) groups is 1. The molecule has 1 aromatic carbocycles. The molecule has 0 spiro atoms. The van der Waals surface area contributed by atoms with Crippen molar-refractivity contribution in [3.8, 4) is 0 Å². The summed E-state index contributed by atoms with van der Waals surface area (Å²) in [4.78, 5) is 4.76. The Hall–Kier alpha value is -0.860. The first-order valence-corrected chi connectivity index (χ1v) is 9.63. The highest BCUT2D eigenvalue weighted by molar-refractivity contribution is 14.0. The van der Waals surface area contributed by atoms with Crippen LogP contribution in [0.2, 0.25) is 0 Å². The van der Waals surface area contributed by atoms with Crippen LogP contribution in [0, 0.1) is 5.92 Å². The molecule has 1 aromatic rings. The van der Waals surface area contributed by atoms with Gasteiger partial charge in [0.1, 0.15) is 0 Å². The summed E-state index contributed by atoms with van der Waals surface area (Å²) < 4.78 is 11.1. The van der Waals surface area contributed by atoms with Gasteiger partial charge >= 0.3 is 0 Å². The number of rotatable bonds is 9. The van der Waals surface area contributed by atoms with E-state index < -0.39 is 0 Å². The van der Waals surface area contributed by atoms with Gasteiger partial charge in [-0.25, -0.2) is 0 Å². The predicted molar refractivity (Wildman–Crippen MR) is 116 cm³/mol. The molecule has 2 N–H and O–H groups in total. The van der Waals surface area contributed by atoms with Crippen molar-refractivity contribution in [2.45, 2.75) is 38.2 Å². The zero-order chi connectivity index (χ0) is 17.3. The summed E-state index contributed by atoms with van der Waals surface area (Å²) in [6.07, 6.45) is 3.56. The third kappa shape index (κ3) is 7.04. The maximum absolute atomic E-state index is 5.79.